The first-order chi connectivity index (χ1) is 9.13. The third-order valence-electron chi connectivity index (χ3n) is 5.22. The van der Waals surface area contributed by atoms with E-state index in [1.165, 1.54) is 12.0 Å². The van der Waals surface area contributed by atoms with E-state index in [-0.39, 0.29) is 5.92 Å². The highest BCUT2D eigenvalue weighted by atomic mass is 16.2. The molecule has 2 saturated carbocycles. The first kappa shape index (κ1) is 11.3. The molecule has 1 aliphatic heterocycles. The lowest BCUT2D eigenvalue weighted by molar-refractivity contribution is -0.122. The van der Waals surface area contributed by atoms with Gasteiger partial charge >= 0.3 is 0 Å². The van der Waals surface area contributed by atoms with Crippen LogP contribution in [0.15, 0.2) is 12.1 Å². The summed E-state index contributed by atoms with van der Waals surface area (Å²) in [5.41, 5.74) is 10.3. The van der Waals surface area contributed by atoms with Crippen LogP contribution in [0.3, 0.4) is 0 Å². The number of hydrogen-bond donors (Lipinski definition) is 1. The smallest absolute Gasteiger partial charge is 0.230 e. The molecule has 1 heterocycles. The number of fused-ring (bicyclic) bond motifs is 2. The second kappa shape index (κ2) is 3.75. The lowest BCUT2D eigenvalue weighted by atomic mass is 10.0. The molecule has 2 fully saturated rings. The highest BCUT2D eigenvalue weighted by molar-refractivity contribution is 5.98. The van der Waals surface area contributed by atoms with Gasteiger partial charge in [-0.3, -0.25) is 4.79 Å². The summed E-state index contributed by atoms with van der Waals surface area (Å²) >= 11 is 0. The highest BCUT2D eigenvalue weighted by Gasteiger charge is 2.49. The van der Waals surface area contributed by atoms with Crippen molar-refractivity contribution in [2.45, 2.75) is 32.6 Å². The zero-order chi connectivity index (χ0) is 13.1. The standard InChI is InChI=1S/C16H20N2O/c1-9-4-10-2-3-18(15(10)8-14(9)17)16(19)13-6-11-5-12(11)7-13/h4,8,11-13H,2-3,5-7,17H2,1H3. The van der Waals surface area contributed by atoms with Crippen LogP contribution in [0.25, 0.3) is 0 Å². The van der Waals surface area contributed by atoms with Gasteiger partial charge in [0.25, 0.3) is 0 Å². The maximum atomic E-state index is 12.7. The number of amides is 1. The minimum atomic E-state index is 0.275. The Kier molecular flexibility index (Phi) is 2.23. The van der Waals surface area contributed by atoms with Crippen LogP contribution >= 0.6 is 0 Å². The molecule has 0 saturated heterocycles. The van der Waals surface area contributed by atoms with Crippen LogP contribution in [0.4, 0.5) is 11.4 Å². The molecule has 3 nitrogen and oxygen atoms in total. The molecule has 3 heteroatoms. The molecule has 1 amide bonds. The van der Waals surface area contributed by atoms with Gasteiger partial charge in [-0.25, -0.2) is 0 Å². The summed E-state index contributed by atoms with van der Waals surface area (Å²) in [4.78, 5) is 14.6. The molecule has 3 aliphatic rings. The number of carbonyl (C=O) groups excluding carboxylic acids is 1. The Morgan fingerprint density at radius 2 is 2.00 bits per heavy atom. The Morgan fingerprint density at radius 3 is 2.74 bits per heavy atom. The average molecular weight is 256 g/mol. The maximum Gasteiger partial charge on any atom is 0.230 e. The van der Waals surface area contributed by atoms with Crippen LogP contribution in [-0.2, 0) is 11.2 Å². The molecule has 2 aliphatic carbocycles. The fourth-order valence-corrected chi connectivity index (χ4v) is 3.94. The minimum Gasteiger partial charge on any atom is -0.398 e. The van der Waals surface area contributed by atoms with Crippen molar-refractivity contribution in [1.29, 1.82) is 0 Å². The normalized spacial score (nSPS) is 31.2. The number of carbonyl (C=O) groups is 1. The van der Waals surface area contributed by atoms with Crippen LogP contribution in [0.1, 0.15) is 30.4 Å². The van der Waals surface area contributed by atoms with Crippen LogP contribution < -0.4 is 10.6 Å². The number of nitrogen functional groups attached to an aromatic ring is 1. The Balaban J connectivity index is 1.61. The molecule has 2 unspecified atom stereocenters. The van der Waals surface area contributed by atoms with Gasteiger partial charge in [0.1, 0.15) is 0 Å². The van der Waals surface area contributed by atoms with E-state index in [9.17, 15) is 4.79 Å². The fraction of sp³-hybridized carbons (Fsp3) is 0.562. The van der Waals surface area contributed by atoms with E-state index in [1.54, 1.807) is 0 Å². The number of benzene rings is 1. The predicted molar refractivity (Wildman–Crippen MR) is 76.0 cm³/mol. The summed E-state index contributed by atoms with van der Waals surface area (Å²) in [6.45, 7) is 2.87. The molecule has 4 rings (SSSR count). The van der Waals surface area contributed by atoms with Crippen LogP contribution in [0.2, 0.25) is 0 Å². The molecule has 0 spiro atoms. The molecule has 2 atom stereocenters. The fourth-order valence-electron chi connectivity index (χ4n) is 3.94. The van der Waals surface area contributed by atoms with Gasteiger partial charge in [0.2, 0.25) is 5.91 Å². The van der Waals surface area contributed by atoms with Crippen molar-refractivity contribution in [3.8, 4) is 0 Å². The summed E-state index contributed by atoms with van der Waals surface area (Å²) in [5, 5.41) is 0. The molecule has 2 N–H and O–H groups in total. The van der Waals surface area contributed by atoms with Gasteiger partial charge in [0, 0.05) is 23.8 Å². The van der Waals surface area contributed by atoms with Crippen LogP contribution in [0, 0.1) is 24.7 Å². The van der Waals surface area contributed by atoms with E-state index in [0.29, 0.717) is 5.91 Å². The maximum absolute atomic E-state index is 12.7. The number of nitrogens with zero attached hydrogens (tertiary/aromatic N) is 1. The number of aryl methyl sites for hydroxylation is 1. The van der Waals surface area contributed by atoms with Crippen molar-refractivity contribution >= 4 is 17.3 Å². The van der Waals surface area contributed by atoms with Gasteiger partial charge in [-0.05, 0) is 61.6 Å². The second-order valence-corrected chi connectivity index (χ2v) is 6.50. The molecule has 0 aromatic heterocycles. The van der Waals surface area contributed by atoms with Crippen LogP contribution in [-0.4, -0.2) is 12.5 Å². The SMILES string of the molecule is Cc1cc2c(cc1N)N(C(=O)C1CC3CC3C1)CC2. The molecule has 100 valence electrons. The largest absolute Gasteiger partial charge is 0.398 e. The van der Waals surface area contributed by atoms with Crippen molar-refractivity contribution in [1.82, 2.24) is 0 Å². The Hall–Kier alpha value is -1.51. The summed E-state index contributed by atoms with van der Waals surface area (Å²) < 4.78 is 0. The monoisotopic (exact) mass is 256 g/mol. The first-order valence-electron chi connectivity index (χ1n) is 7.34. The Morgan fingerprint density at radius 1 is 1.26 bits per heavy atom. The third-order valence-corrected chi connectivity index (χ3v) is 5.22. The first-order valence-corrected chi connectivity index (χ1v) is 7.34. The number of anilines is 2. The molecule has 0 bridgehead atoms. The summed E-state index contributed by atoms with van der Waals surface area (Å²) in [5.74, 6) is 2.34. The quantitative estimate of drug-likeness (QED) is 0.785. The van der Waals surface area contributed by atoms with Crippen molar-refractivity contribution in [3.05, 3.63) is 23.3 Å². The lowest BCUT2D eigenvalue weighted by Crippen LogP contribution is -2.34. The Labute approximate surface area is 113 Å². The van der Waals surface area contributed by atoms with Crippen molar-refractivity contribution < 1.29 is 4.79 Å². The topological polar surface area (TPSA) is 46.3 Å². The number of rotatable bonds is 1. The van der Waals surface area contributed by atoms with Crippen molar-refractivity contribution in [3.63, 3.8) is 0 Å². The zero-order valence-electron chi connectivity index (χ0n) is 11.4. The lowest BCUT2D eigenvalue weighted by Gasteiger charge is -2.22. The summed E-state index contributed by atoms with van der Waals surface area (Å²) in [7, 11) is 0. The highest BCUT2D eigenvalue weighted by Crippen LogP contribution is 2.55. The minimum absolute atomic E-state index is 0.275. The molecule has 0 radical (unpaired) electrons. The Bertz CT molecular complexity index is 556. The van der Waals surface area contributed by atoms with E-state index in [0.717, 1.165) is 54.6 Å². The second-order valence-electron chi connectivity index (χ2n) is 6.50. The van der Waals surface area contributed by atoms with Gasteiger partial charge in [0.15, 0.2) is 0 Å². The van der Waals surface area contributed by atoms with Crippen molar-refractivity contribution in [2.75, 3.05) is 17.2 Å². The molecular weight excluding hydrogens is 236 g/mol. The van der Waals surface area contributed by atoms with E-state index >= 15 is 0 Å². The predicted octanol–water partition coefficient (Wildman–Crippen LogP) is 2.51. The zero-order valence-corrected chi connectivity index (χ0v) is 11.4. The van der Waals surface area contributed by atoms with Gasteiger partial charge in [-0.1, -0.05) is 6.07 Å². The third kappa shape index (κ3) is 1.67. The molecule has 1 aromatic carbocycles. The van der Waals surface area contributed by atoms with Gasteiger partial charge in [0.05, 0.1) is 0 Å². The molecular formula is C16H20N2O. The van der Waals surface area contributed by atoms with Gasteiger partial charge < -0.3 is 10.6 Å². The van der Waals surface area contributed by atoms with Crippen molar-refractivity contribution in [2.24, 2.45) is 17.8 Å². The summed E-state index contributed by atoms with van der Waals surface area (Å²) in [6, 6.07) is 4.13. The van der Waals surface area contributed by atoms with Gasteiger partial charge in [-0.2, -0.15) is 0 Å². The average Bonchev–Trinajstić information content (AvgIpc) is 2.83. The molecule has 19 heavy (non-hydrogen) atoms. The number of nitrogens with two attached hydrogens (primary N) is 1. The summed E-state index contributed by atoms with van der Waals surface area (Å²) in [6.07, 6.45) is 4.58. The molecule has 1 aromatic rings. The van der Waals surface area contributed by atoms with Crippen LogP contribution in [0.5, 0.6) is 0 Å². The van der Waals surface area contributed by atoms with E-state index in [2.05, 4.69) is 6.07 Å². The van der Waals surface area contributed by atoms with E-state index in [4.69, 9.17) is 5.73 Å². The number of hydrogen-bond acceptors (Lipinski definition) is 2. The van der Waals surface area contributed by atoms with E-state index in [1.807, 2.05) is 17.9 Å². The van der Waals surface area contributed by atoms with E-state index < -0.39 is 0 Å². The van der Waals surface area contributed by atoms with Gasteiger partial charge in [-0.15, -0.1) is 0 Å².